The van der Waals surface area contributed by atoms with Crippen molar-refractivity contribution in [2.45, 2.75) is 37.8 Å². The van der Waals surface area contributed by atoms with Gasteiger partial charge in [-0.15, -0.1) is 11.8 Å². The minimum Gasteiger partial charge on any atom is -0.356 e. The van der Waals surface area contributed by atoms with E-state index in [2.05, 4.69) is 5.32 Å². The van der Waals surface area contributed by atoms with Crippen molar-refractivity contribution in [2.75, 3.05) is 13.1 Å². The van der Waals surface area contributed by atoms with Gasteiger partial charge in [0.1, 0.15) is 11.2 Å². The molecule has 1 N–H and O–H groups in total. The van der Waals surface area contributed by atoms with Crippen molar-refractivity contribution in [3.05, 3.63) is 35.6 Å². The standard InChI is InChI=1S/C17H23FN2O2S/c1-11(2)10-19-15(21)8-9-20-16(22)12(3)23-17(20)13-6-4-5-7-14(13)18/h4-7,11-12,17H,8-10H2,1-3H3,(H,19,21)/t12-,17+/m1/s1. The summed E-state index contributed by atoms with van der Waals surface area (Å²) in [6, 6.07) is 6.49. The van der Waals surface area contributed by atoms with Crippen LogP contribution >= 0.6 is 11.8 Å². The zero-order valence-corrected chi connectivity index (χ0v) is 14.5. The minimum atomic E-state index is -0.364. The van der Waals surface area contributed by atoms with Crippen LogP contribution in [0.25, 0.3) is 0 Å². The molecule has 2 atom stereocenters. The molecule has 1 fully saturated rings. The number of hydrogen-bond acceptors (Lipinski definition) is 3. The summed E-state index contributed by atoms with van der Waals surface area (Å²) < 4.78 is 14.0. The molecule has 0 aromatic heterocycles. The maximum atomic E-state index is 14.0. The number of nitrogens with one attached hydrogen (secondary N) is 1. The molecule has 1 aromatic carbocycles. The van der Waals surface area contributed by atoms with Crippen molar-refractivity contribution >= 4 is 23.6 Å². The highest BCUT2D eigenvalue weighted by atomic mass is 32.2. The Morgan fingerprint density at radius 2 is 2.09 bits per heavy atom. The second-order valence-electron chi connectivity index (χ2n) is 6.13. The van der Waals surface area contributed by atoms with Crippen LogP contribution in [-0.4, -0.2) is 35.1 Å². The first-order valence-electron chi connectivity index (χ1n) is 7.87. The van der Waals surface area contributed by atoms with Crippen molar-refractivity contribution < 1.29 is 14.0 Å². The molecule has 1 aliphatic rings. The third kappa shape index (κ3) is 4.47. The number of amides is 2. The molecule has 4 nitrogen and oxygen atoms in total. The lowest BCUT2D eigenvalue weighted by Gasteiger charge is -2.24. The molecule has 1 saturated heterocycles. The fourth-order valence-corrected chi connectivity index (χ4v) is 3.78. The van der Waals surface area contributed by atoms with E-state index in [1.54, 1.807) is 23.1 Å². The number of carbonyl (C=O) groups excluding carboxylic acids is 2. The quantitative estimate of drug-likeness (QED) is 0.867. The van der Waals surface area contributed by atoms with Crippen LogP contribution in [0.15, 0.2) is 24.3 Å². The summed E-state index contributed by atoms with van der Waals surface area (Å²) in [6.45, 7) is 6.79. The first-order chi connectivity index (χ1) is 10.9. The summed E-state index contributed by atoms with van der Waals surface area (Å²) >= 11 is 1.42. The molecular formula is C17H23FN2O2S. The maximum absolute atomic E-state index is 14.0. The van der Waals surface area contributed by atoms with Crippen LogP contribution in [0.4, 0.5) is 4.39 Å². The van der Waals surface area contributed by atoms with Crippen molar-refractivity contribution in [2.24, 2.45) is 5.92 Å². The van der Waals surface area contributed by atoms with Gasteiger partial charge in [-0.2, -0.15) is 0 Å². The summed E-state index contributed by atoms with van der Waals surface area (Å²) in [5.74, 6) is -0.0569. The first kappa shape index (κ1) is 17.8. The predicted molar refractivity (Wildman–Crippen MR) is 90.4 cm³/mol. The van der Waals surface area contributed by atoms with Gasteiger partial charge in [0.05, 0.1) is 5.25 Å². The fraction of sp³-hybridized carbons (Fsp3) is 0.529. The Bertz CT molecular complexity index is 579. The van der Waals surface area contributed by atoms with Gasteiger partial charge in [0.2, 0.25) is 11.8 Å². The molecule has 0 radical (unpaired) electrons. The maximum Gasteiger partial charge on any atom is 0.236 e. The number of thioether (sulfide) groups is 1. The van der Waals surface area contributed by atoms with E-state index >= 15 is 0 Å². The van der Waals surface area contributed by atoms with Crippen LogP contribution in [0.2, 0.25) is 0 Å². The second-order valence-corrected chi connectivity index (χ2v) is 7.56. The molecule has 6 heteroatoms. The Kier molecular flexibility index (Phi) is 6.04. The number of benzene rings is 1. The normalized spacial score (nSPS) is 21.1. The van der Waals surface area contributed by atoms with Crippen LogP contribution in [0.3, 0.4) is 0 Å². The van der Waals surface area contributed by atoms with Crippen molar-refractivity contribution in [1.29, 1.82) is 0 Å². The number of hydrogen-bond donors (Lipinski definition) is 1. The molecule has 1 aliphatic heterocycles. The third-order valence-corrected chi connectivity index (χ3v) is 5.08. The summed E-state index contributed by atoms with van der Waals surface area (Å²) in [5, 5.41) is 2.25. The smallest absolute Gasteiger partial charge is 0.236 e. The molecule has 2 amide bonds. The van der Waals surface area contributed by atoms with Gasteiger partial charge in [0, 0.05) is 25.1 Å². The summed E-state index contributed by atoms with van der Waals surface area (Å²) in [5.41, 5.74) is 0.498. The number of carbonyl (C=O) groups is 2. The monoisotopic (exact) mass is 338 g/mol. The highest BCUT2D eigenvalue weighted by Gasteiger charge is 2.39. The largest absolute Gasteiger partial charge is 0.356 e. The molecule has 0 unspecified atom stereocenters. The summed E-state index contributed by atoms with van der Waals surface area (Å²) in [6.07, 6.45) is 0.233. The Hall–Kier alpha value is -1.56. The van der Waals surface area contributed by atoms with Gasteiger partial charge in [-0.05, 0) is 18.9 Å². The van der Waals surface area contributed by atoms with E-state index in [4.69, 9.17) is 0 Å². The molecule has 23 heavy (non-hydrogen) atoms. The number of halogens is 1. The number of nitrogens with zero attached hydrogens (tertiary/aromatic N) is 1. The van der Waals surface area contributed by atoms with Crippen LogP contribution in [0, 0.1) is 11.7 Å². The highest BCUT2D eigenvalue weighted by Crippen LogP contribution is 2.43. The van der Waals surface area contributed by atoms with Crippen molar-refractivity contribution in [3.8, 4) is 0 Å². The zero-order valence-electron chi connectivity index (χ0n) is 13.7. The van der Waals surface area contributed by atoms with E-state index in [1.807, 2.05) is 20.8 Å². The zero-order chi connectivity index (χ0) is 17.0. The molecule has 1 heterocycles. The van der Waals surface area contributed by atoms with E-state index in [9.17, 15) is 14.0 Å². The second kappa shape index (κ2) is 7.81. The Labute approximate surface area is 140 Å². The van der Waals surface area contributed by atoms with Crippen molar-refractivity contribution in [1.82, 2.24) is 10.2 Å². The van der Waals surface area contributed by atoms with E-state index in [1.165, 1.54) is 17.8 Å². The van der Waals surface area contributed by atoms with Crippen LogP contribution < -0.4 is 5.32 Å². The molecule has 1 aromatic rings. The minimum absolute atomic E-state index is 0.0417. The van der Waals surface area contributed by atoms with Gasteiger partial charge in [-0.3, -0.25) is 9.59 Å². The van der Waals surface area contributed by atoms with E-state index in [0.29, 0.717) is 24.6 Å². The lowest BCUT2D eigenvalue weighted by molar-refractivity contribution is -0.130. The summed E-state index contributed by atoms with van der Waals surface area (Å²) in [7, 11) is 0. The van der Waals surface area contributed by atoms with Gasteiger partial charge < -0.3 is 10.2 Å². The lowest BCUT2D eigenvalue weighted by Crippen LogP contribution is -2.35. The SMILES string of the molecule is CC(C)CNC(=O)CCN1C(=O)[C@@H](C)S[C@H]1c1ccccc1F. The molecule has 126 valence electrons. The average Bonchev–Trinajstić information content (AvgIpc) is 2.79. The van der Waals surface area contributed by atoms with Crippen LogP contribution in [0.1, 0.15) is 38.1 Å². The van der Waals surface area contributed by atoms with E-state index < -0.39 is 0 Å². The van der Waals surface area contributed by atoms with Gasteiger partial charge in [0.15, 0.2) is 0 Å². The molecule has 2 rings (SSSR count). The van der Waals surface area contributed by atoms with Gasteiger partial charge in [-0.1, -0.05) is 32.0 Å². The highest BCUT2D eigenvalue weighted by molar-refractivity contribution is 8.01. The fourth-order valence-electron chi connectivity index (χ4n) is 2.45. The lowest BCUT2D eigenvalue weighted by atomic mass is 10.2. The Balaban J connectivity index is 2.04. The third-order valence-electron chi connectivity index (χ3n) is 3.71. The molecule has 0 bridgehead atoms. The van der Waals surface area contributed by atoms with Gasteiger partial charge >= 0.3 is 0 Å². The van der Waals surface area contributed by atoms with E-state index in [-0.39, 0.29) is 34.7 Å². The molecule has 0 aliphatic carbocycles. The first-order valence-corrected chi connectivity index (χ1v) is 8.81. The van der Waals surface area contributed by atoms with Gasteiger partial charge in [-0.25, -0.2) is 4.39 Å². The van der Waals surface area contributed by atoms with Crippen molar-refractivity contribution in [3.63, 3.8) is 0 Å². The Morgan fingerprint density at radius 3 is 2.74 bits per heavy atom. The van der Waals surface area contributed by atoms with Crippen LogP contribution in [0.5, 0.6) is 0 Å². The topological polar surface area (TPSA) is 49.4 Å². The molecule has 0 spiro atoms. The van der Waals surface area contributed by atoms with Gasteiger partial charge in [0.25, 0.3) is 0 Å². The predicted octanol–water partition coefficient (Wildman–Crippen LogP) is 2.95. The molecular weight excluding hydrogens is 315 g/mol. The Morgan fingerprint density at radius 1 is 1.39 bits per heavy atom. The average molecular weight is 338 g/mol. The van der Waals surface area contributed by atoms with Crippen LogP contribution in [-0.2, 0) is 9.59 Å². The number of rotatable bonds is 6. The van der Waals surface area contributed by atoms with E-state index in [0.717, 1.165) is 0 Å². The molecule has 0 saturated carbocycles. The summed E-state index contributed by atoms with van der Waals surface area (Å²) in [4.78, 5) is 25.8.